The number of rotatable bonds is 2. The van der Waals surface area contributed by atoms with Crippen molar-refractivity contribution in [1.82, 2.24) is 8.61 Å². The molecule has 2 aliphatic heterocycles. The lowest BCUT2D eigenvalue weighted by Crippen LogP contribution is -2.58. The van der Waals surface area contributed by atoms with Crippen LogP contribution in [0.25, 0.3) is 0 Å². The third-order valence-electron chi connectivity index (χ3n) is 5.20. The van der Waals surface area contributed by atoms with Crippen molar-refractivity contribution in [3.8, 4) is 0 Å². The summed E-state index contributed by atoms with van der Waals surface area (Å²) in [4.78, 5) is 0. The summed E-state index contributed by atoms with van der Waals surface area (Å²) in [5.41, 5.74) is 0. The van der Waals surface area contributed by atoms with E-state index in [1.165, 1.54) is 25.7 Å². The second-order valence-corrected chi connectivity index (χ2v) is 8.83. The second kappa shape index (κ2) is 6.14. The van der Waals surface area contributed by atoms with Crippen molar-refractivity contribution in [1.29, 1.82) is 0 Å². The number of nitrogens with zero attached hydrogens (tertiary/aromatic N) is 2. The van der Waals surface area contributed by atoms with E-state index in [1.54, 1.807) is 4.31 Å². The predicted molar refractivity (Wildman–Crippen MR) is 82.2 cm³/mol. The van der Waals surface area contributed by atoms with Crippen molar-refractivity contribution in [3.63, 3.8) is 0 Å². The van der Waals surface area contributed by atoms with E-state index in [0.717, 1.165) is 12.8 Å². The molecule has 4 atom stereocenters. The Hall–Kier alpha value is -0.170. The molecule has 3 fully saturated rings. The fraction of sp³-hybridized carbons (Fsp3) is 1.00. The fourth-order valence-electron chi connectivity index (χ4n) is 4.33. The van der Waals surface area contributed by atoms with Crippen LogP contribution in [0.15, 0.2) is 0 Å². The van der Waals surface area contributed by atoms with Crippen LogP contribution in [-0.2, 0) is 14.9 Å². The van der Waals surface area contributed by atoms with E-state index < -0.39 is 10.2 Å². The molecular weight excluding hydrogens is 288 g/mol. The molecule has 0 aromatic rings. The lowest BCUT2D eigenvalue weighted by atomic mass is 9.79. The molecule has 2 heterocycles. The molecule has 0 aromatic carbocycles. The standard InChI is InChI=1S/C15H28N2O3S/c1-12-10-16(11-13(2)20-12)21(18,19)17-9-5-7-14-6-3-4-8-15(14)17/h12-15H,3-11H2,1-2H3. The minimum absolute atomic E-state index is 0.0181. The van der Waals surface area contributed by atoms with Crippen LogP contribution in [0.2, 0.25) is 0 Å². The molecule has 1 aliphatic carbocycles. The average molecular weight is 316 g/mol. The van der Waals surface area contributed by atoms with Gasteiger partial charge in [-0.25, -0.2) is 0 Å². The van der Waals surface area contributed by atoms with Gasteiger partial charge >= 0.3 is 0 Å². The van der Waals surface area contributed by atoms with Gasteiger partial charge in [0, 0.05) is 25.7 Å². The lowest BCUT2D eigenvalue weighted by molar-refractivity contribution is -0.0465. The summed E-state index contributed by atoms with van der Waals surface area (Å²) in [5.74, 6) is 0.582. The minimum atomic E-state index is -3.33. The van der Waals surface area contributed by atoms with Crippen LogP contribution in [0.4, 0.5) is 0 Å². The monoisotopic (exact) mass is 316 g/mol. The summed E-state index contributed by atoms with van der Waals surface area (Å²) in [5, 5.41) is 0. The molecule has 0 bridgehead atoms. The normalized spacial score (nSPS) is 39.9. The Morgan fingerprint density at radius 1 is 0.952 bits per heavy atom. The van der Waals surface area contributed by atoms with Gasteiger partial charge in [0.05, 0.1) is 12.2 Å². The highest BCUT2D eigenvalue weighted by Crippen LogP contribution is 2.37. The third kappa shape index (κ3) is 3.14. The maximum absolute atomic E-state index is 13.1. The van der Waals surface area contributed by atoms with Gasteiger partial charge in [-0.1, -0.05) is 12.8 Å². The number of piperidine rings is 1. The first kappa shape index (κ1) is 15.7. The van der Waals surface area contributed by atoms with Gasteiger partial charge in [0.25, 0.3) is 10.2 Å². The summed E-state index contributed by atoms with van der Waals surface area (Å²) in [6.45, 7) is 5.58. The van der Waals surface area contributed by atoms with Crippen molar-refractivity contribution in [2.24, 2.45) is 5.92 Å². The Morgan fingerprint density at radius 3 is 2.29 bits per heavy atom. The van der Waals surface area contributed by atoms with E-state index in [4.69, 9.17) is 4.74 Å². The SMILES string of the molecule is CC1CN(S(=O)(=O)N2CCCC3CCCCC32)CC(C)O1. The first-order valence-corrected chi connectivity index (χ1v) is 9.80. The summed E-state index contributed by atoms with van der Waals surface area (Å²) >= 11 is 0. The van der Waals surface area contributed by atoms with E-state index in [1.807, 2.05) is 18.2 Å². The maximum atomic E-state index is 13.1. The average Bonchev–Trinajstić information content (AvgIpc) is 2.45. The van der Waals surface area contributed by atoms with Gasteiger partial charge in [0.2, 0.25) is 0 Å². The molecule has 5 nitrogen and oxygen atoms in total. The Kier molecular flexibility index (Phi) is 4.60. The zero-order valence-electron chi connectivity index (χ0n) is 13.2. The number of ether oxygens (including phenoxy) is 1. The Balaban J connectivity index is 1.79. The van der Waals surface area contributed by atoms with Gasteiger partial charge in [-0.15, -0.1) is 0 Å². The Bertz CT molecular complexity index is 456. The highest BCUT2D eigenvalue weighted by molar-refractivity contribution is 7.86. The van der Waals surface area contributed by atoms with E-state index in [2.05, 4.69) is 0 Å². The van der Waals surface area contributed by atoms with Crippen molar-refractivity contribution in [2.75, 3.05) is 19.6 Å². The van der Waals surface area contributed by atoms with E-state index >= 15 is 0 Å². The molecule has 0 radical (unpaired) electrons. The lowest BCUT2D eigenvalue weighted by Gasteiger charge is -2.46. The van der Waals surface area contributed by atoms with Gasteiger partial charge < -0.3 is 4.74 Å². The second-order valence-electron chi connectivity index (χ2n) is 6.95. The largest absolute Gasteiger partial charge is 0.373 e. The van der Waals surface area contributed by atoms with Crippen LogP contribution in [0, 0.1) is 5.92 Å². The van der Waals surface area contributed by atoms with Crippen LogP contribution in [0.3, 0.4) is 0 Å². The number of fused-ring (bicyclic) bond motifs is 1. The smallest absolute Gasteiger partial charge is 0.282 e. The maximum Gasteiger partial charge on any atom is 0.282 e. The predicted octanol–water partition coefficient (Wildman–Crippen LogP) is 1.99. The molecule has 0 spiro atoms. The molecule has 3 aliphatic rings. The molecule has 0 amide bonds. The van der Waals surface area contributed by atoms with Gasteiger partial charge in [0.15, 0.2) is 0 Å². The van der Waals surface area contributed by atoms with E-state index in [0.29, 0.717) is 25.6 Å². The topological polar surface area (TPSA) is 49.9 Å². The Morgan fingerprint density at radius 2 is 1.57 bits per heavy atom. The highest BCUT2D eigenvalue weighted by atomic mass is 32.2. The van der Waals surface area contributed by atoms with Crippen LogP contribution >= 0.6 is 0 Å². The van der Waals surface area contributed by atoms with Crippen LogP contribution in [0.5, 0.6) is 0 Å². The molecule has 3 rings (SSSR count). The molecule has 21 heavy (non-hydrogen) atoms. The zero-order chi connectivity index (χ0) is 15.0. The fourth-order valence-corrected chi connectivity index (χ4v) is 6.41. The molecule has 0 N–H and O–H groups in total. The molecule has 4 unspecified atom stereocenters. The zero-order valence-corrected chi connectivity index (χ0v) is 14.0. The van der Waals surface area contributed by atoms with E-state index in [-0.39, 0.29) is 18.2 Å². The van der Waals surface area contributed by atoms with Crippen LogP contribution in [-0.4, -0.2) is 54.9 Å². The van der Waals surface area contributed by atoms with Crippen molar-refractivity contribution < 1.29 is 13.2 Å². The first-order chi connectivity index (χ1) is 9.98. The summed E-state index contributed by atoms with van der Waals surface area (Å²) in [6.07, 6.45) is 6.85. The van der Waals surface area contributed by atoms with Crippen molar-refractivity contribution in [2.45, 2.75) is 70.6 Å². The first-order valence-electron chi connectivity index (χ1n) is 8.41. The van der Waals surface area contributed by atoms with Crippen molar-refractivity contribution >= 4 is 10.2 Å². The highest BCUT2D eigenvalue weighted by Gasteiger charge is 2.43. The third-order valence-corrected chi connectivity index (χ3v) is 7.20. The van der Waals surface area contributed by atoms with E-state index in [9.17, 15) is 8.42 Å². The molecule has 2 saturated heterocycles. The molecule has 6 heteroatoms. The number of hydrogen-bond donors (Lipinski definition) is 0. The summed E-state index contributed by atoms with van der Waals surface area (Å²) in [6, 6.07) is 0.242. The van der Waals surface area contributed by atoms with Gasteiger partial charge in [0.1, 0.15) is 0 Å². The van der Waals surface area contributed by atoms with Gasteiger partial charge in [-0.05, 0) is 45.4 Å². The number of hydrogen-bond acceptors (Lipinski definition) is 3. The van der Waals surface area contributed by atoms with Gasteiger partial charge in [-0.2, -0.15) is 17.0 Å². The summed E-state index contributed by atoms with van der Waals surface area (Å²) < 4.78 is 35.3. The molecular formula is C15H28N2O3S. The molecule has 0 aromatic heterocycles. The molecule has 1 saturated carbocycles. The quantitative estimate of drug-likeness (QED) is 0.783. The minimum Gasteiger partial charge on any atom is -0.373 e. The van der Waals surface area contributed by atoms with Crippen molar-refractivity contribution in [3.05, 3.63) is 0 Å². The Labute approximate surface area is 128 Å². The number of morpholine rings is 1. The summed E-state index contributed by atoms with van der Waals surface area (Å²) in [7, 11) is -3.33. The van der Waals surface area contributed by atoms with Gasteiger partial charge in [-0.3, -0.25) is 0 Å². The van der Waals surface area contributed by atoms with Crippen LogP contribution in [0.1, 0.15) is 52.4 Å². The van der Waals surface area contributed by atoms with Crippen LogP contribution < -0.4 is 0 Å². The molecule has 122 valence electrons.